The molecule has 1 N–H and O–H groups in total. The van der Waals surface area contributed by atoms with E-state index in [0.717, 1.165) is 22.6 Å². The van der Waals surface area contributed by atoms with Crippen molar-refractivity contribution in [3.63, 3.8) is 0 Å². The third-order valence-electron chi connectivity index (χ3n) is 5.47. The van der Waals surface area contributed by atoms with Crippen LogP contribution in [0.5, 0.6) is 5.75 Å². The van der Waals surface area contributed by atoms with Crippen molar-refractivity contribution >= 4 is 23.1 Å². The lowest BCUT2D eigenvalue weighted by molar-refractivity contribution is -0.132. The van der Waals surface area contributed by atoms with Gasteiger partial charge in [-0.05, 0) is 54.4 Å². The molecular formula is C25H19F2NO4. The maximum Gasteiger partial charge on any atom is 0.300 e. The molecule has 0 aliphatic carbocycles. The SMILES string of the molecule is COc1ccc(/C(O)=C2\C(=O)C(=O)N(c3ccc(F)c(F)c3)C2c2ccccc2C)cc1. The van der Waals surface area contributed by atoms with Crippen LogP contribution in [0.4, 0.5) is 14.5 Å². The van der Waals surface area contributed by atoms with E-state index in [1.54, 1.807) is 55.5 Å². The fourth-order valence-electron chi connectivity index (χ4n) is 3.83. The molecule has 1 atom stereocenters. The Morgan fingerprint density at radius 1 is 0.969 bits per heavy atom. The number of Topliss-reactive ketones (excluding diaryl/α,β-unsaturated/α-hetero) is 1. The highest BCUT2D eigenvalue weighted by Crippen LogP contribution is 2.43. The molecule has 1 fully saturated rings. The number of anilines is 1. The number of hydrogen-bond acceptors (Lipinski definition) is 4. The molecule has 0 spiro atoms. The van der Waals surface area contributed by atoms with Gasteiger partial charge in [0.15, 0.2) is 11.6 Å². The van der Waals surface area contributed by atoms with Crippen LogP contribution in [0.3, 0.4) is 0 Å². The molecule has 1 amide bonds. The van der Waals surface area contributed by atoms with Crippen LogP contribution in [0.25, 0.3) is 5.76 Å². The van der Waals surface area contributed by atoms with Crippen LogP contribution in [-0.2, 0) is 9.59 Å². The standard InChI is InChI=1S/C25H19F2NO4/c1-14-5-3-4-6-18(14)22-21(23(29)15-7-10-17(32-2)11-8-15)24(30)25(31)28(22)16-9-12-19(26)20(27)13-16/h3-13,22,29H,1-2H3/b23-21+. The molecule has 7 heteroatoms. The van der Waals surface area contributed by atoms with E-state index in [2.05, 4.69) is 0 Å². The Morgan fingerprint density at radius 2 is 1.66 bits per heavy atom. The molecule has 3 aromatic rings. The molecule has 0 bridgehead atoms. The number of nitrogens with zero attached hydrogens (tertiary/aromatic N) is 1. The van der Waals surface area contributed by atoms with Crippen LogP contribution in [0.15, 0.2) is 72.3 Å². The molecule has 1 heterocycles. The Hall–Kier alpha value is -4.00. The number of carbonyl (C=O) groups excluding carboxylic acids is 2. The monoisotopic (exact) mass is 435 g/mol. The van der Waals surface area contributed by atoms with E-state index in [1.165, 1.54) is 13.2 Å². The van der Waals surface area contributed by atoms with Gasteiger partial charge in [0.25, 0.3) is 11.7 Å². The summed E-state index contributed by atoms with van der Waals surface area (Å²) < 4.78 is 32.6. The minimum absolute atomic E-state index is 0.00744. The molecule has 1 aliphatic rings. The number of methoxy groups -OCH3 is 1. The first-order valence-electron chi connectivity index (χ1n) is 9.79. The summed E-state index contributed by atoms with van der Waals surface area (Å²) in [5, 5.41) is 11.1. The predicted octanol–water partition coefficient (Wildman–Crippen LogP) is 4.91. The van der Waals surface area contributed by atoms with Gasteiger partial charge in [0.05, 0.1) is 18.7 Å². The van der Waals surface area contributed by atoms with E-state index in [-0.39, 0.29) is 17.0 Å². The number of rotatable bonds is 4. The highest BCUT2D eigenvalue weighted by Gasteiger charge is 2.47. The van der Waals surface area contributed by atoms with Crippen molar-refractivity contribution in [1.29, 1.82) is 0 Å². The molecule has 1 saturated heterocycles. The Bertz CT molecular complexity index is 1250. The van der Waals surface area contributed by atoms with E-state index in [1.807, 2.05) is 0 Å². The molecular weight excluding hydrogens is 416 g/mol. The first-order valence-corrected chi connectivity index (χ1v) is 9.79. The fraction of sp³-hybridized carbons (Fsp3) is 0.120. The minimum atomic E-state index is -1.15. The molecule has 0 saturated carbocycles. The quantitative estimate of drug-likeness (QED) is 0.359. The van der Waals surface area contributed by atoms with Crippen molar-refractivity contribution in [2.24, 2.45) is 0 Å². The largest absolute Gasteiger partial charge is 0.507 e. The lowest BCUT2D eigenvalue weighted by Crippen LogP contribution is -2.30. The van der Waals surface area contributed by atoms with Crippen LogP contribution in [0.2, 0.25) is 0 Å². The van der Waals surface area contributed by atoms with Crippen LogP contribution in [0.1, 0.15) is 22.7 Å². The number of aliphatic hydroxyl groups excluding tert-OH is 1. The molecule has 3 aromatic carbocycles. The zero-order valence-electron chi connectivity index (χ0n) is 17.3. The maximum absolute atomic E-state index is 14.0. The van der Waals surface area contributed by atoms with Crippen LogP contribution in [-0.4, -0.2) is 23.9 Å². The van der Waals surface area contributed by atoms with Gasteiger partial charge in [0, 0.05) is 17.3 Å². The highest BCUT2D eigenvalue weighted by atomic mass is 19.2. The molecule has 1 unspecified atom stereocenters. The summed E-state index contributed by atoms with van der Waals surface area (Å²) in [5.41, 5.74) is 1.51. The van der Waals surface area contributed by atoms with Crippen molar-refractivity contribution in [2.75, 3.05) is 12.0 Å². The van der Waals surface area contributed by atoms with Gasteiger partial charge in [0.1, 0.15) is 11.5 Å². The Balaban J connectivity index is 1.95. The van der Waals surface area contributed by atoms with Crippen molar-refractivity contribution in [3.05, 3.63) is 101 Å². The number of ether oxygens (including phenoxy) is 1. The van der Waals surface area contributed by atoms with Crippen LogP contribution < -0.4 is 9.64 Å². The van der Waals surface area contributed by atoms with Gasteiger partial charge in [-0.3, -0.25) is 14.5 Å². The van der Waals surface area contributed by atoms with E-state index < -0.39 is 29.4 Å². The van der Waals surface area contributed by atoms with Crippen molar-refractivity contribution in [2.45, 2.75) is 13.0 Å². The average Bonchev–Trinajstić information content (AvgIpc) is 3.06. The average molecular weight is 435 g/mol. The van der Waals surface area contributed by atoms with Gasteiger partial charge in [0.2, 0.25) is 0 Å². The zero-order chi connectivity index (χ0) is 23.0. The Morgan fingerprint density at radius 3 is 2.28 bits per heavy atom. The first kappa shape index (κ1) is 21.2. The second-order valence-electron chi connectivity index (χ2n) is 7.35. The summed E-state index contributed by atoms with van der Waals surface area (Å²) in [6.07, 6.45) is 0. The smallest absolute Gasteiger partial charge is 0.300 e. The number of benzene rings is 3. The van der Waals surface area contributed by atoms with Crippen molar-refractivity contribution in [1.82, 2.24) is 0 Å². The molecule has 0 aromatic heterocycles. The number of amides is 1. The van der Waals surface area contributed by atoms with Gasteiger partial charge in [-0.2, -0.15) is 0 Å². The van der Waals surface area contributed by atoms with Crippen molar-refractivity contribution in [3.8, 4) is 5.75 Å². The van der Waals surface area contributed by atoms with E-state index in [9.17, 15) is 23.5 Å². The van der Waals surface area contributed by atoms with Gasteiger partial charge in [-0.1, -0.05) is 24.3 Å². The molecule has 32 heavy (non-hydrogen) atoms. The van der Waals surface area contributed by atoms with Gasteiger partial charge >= 0.3 is 0 Å². The van der Waals surface area contributed by atoms with E-state index in [0.29, 0.717) is 16.9 Å². The summed E-state index contributed by atoms with van der Waals surface area (Å²) >= 11 is 0. The number of ketones is 1. The highest BCUT2D eigenvalue weighted by molar-refractivity contribution is 6.51. The van der Waals surface area contributed by atoms with Crippen molar-refractivity contribution < 1.29 is 28.2 Å². The number of aryl methyl sites for hydroxylation is 1. The third kappa shape index (κ3) is 3.51. The molecule has 5 nitrogen and oxygen atoms in total. The number of carbonyl (C=O) groups is 2. The van der Waals surface area contributed by atoms with Gasteiger partial charge in [-0.25, -0.2) is 8.78 Å². The topological polar surface area (TPSA) is 66.8 Å². The van der Waals surface area contributed by atoms with E-state index in [4.69, 9.17) is 4.74 Å². The summed E-state index contributed by atoms with van der Waals surface area (Å²) in [7, 11) is 1.50. The molecule has 0 radical (unpaired) electrons. The molecule has 1 aliphatic heterocycles. The van der Waals surface area contributed by atoms with E-state index >= 15 is 0 Å². The van der Waals surface area contributed by atoms with Gasteiger partial charge < -0.3 is 9.84 Å². The van der Waals surface area contributed by atoms with Gasteiger partial charge in [-0.15, -0.1) is 0 Å². The maximum atomic E-state index is 14.0. The third-order valence-corrected chi connectivity index (χ3v) is 5.47. The normalized spacial score (nSPS) is 17.6. The number of hydrogen-bond donors (Lipinski definition) is 1. The fourth-order valence-corrected chi connectivity index (χ4v) is 3.83. The first-order chi connectivity index (χ1) is 15.3. The lowest BCUT2D eigenvalue weighted by atomic mass is 9.92. The number of aliphatic hydroxyl groups is 1. The minimum Gasteiger partial charge on any atom is -0.507 e. The van der Waals surface area contributed by atoms with Crippen LogP contribution in [0, 0.1) is 18.6 Å². The lowest BCUT2D eigenvalue weighted by Gasteiger charge is -2.26. The zero-order valence-corrected chi connectivity index (χ0v) is 17.3. The van der Waals surface area contributed by atoms with Crippen LogP contribution >= 0.6 is 0 Å². The molecule has 4 rings (SSSR count). The summed E-state index contributed by atoms with van der Waals surface area (Å²) in [6.45, 7) is 1.80. The summed E-state index contributed by atoms with van der Waals surface area (Å²) in [6, 6.07) is 15.4. The Labute approximate surface area is 183 Å². The second kappa shape index (κ2) is 8.26. The Kier molecular flexibility index (Phi) is 5.48. The number of halogens is 2. The molecule has 162 valence electrons. The summed E-state index contributed by atoms with van der Waals surface area (Å²) in [4.78, 5) is 27.2. The second-order valence-corrected chi connectivity index (χ2v) is 7.35. The predicted molar refractivity (Wildman–Crippen MR) is 115 cm³/mol. The summed E-state index contributed by atoms with van der Waals surface area (Å²) in [5.74, 6) is -3.90.